The number of anilines is 1. The molecule has 2 N–H and O–H groups in total. The molecule has 1 unspecified atom stereocenters. The van der Waals surface area contributed by atoms with Crippen LogP contribution in [0, 0.1) is 12.8 Å². The summed E-state index contributed by atoms with van der Waals surface area (Å²) in [6.45, 7) is 3.19. The Morgan fingerprint density at radius 3 is 2.47 bits per heavy atom. The van der Waals surface area contributed by atoms with E-state index in [1.807, 2.05) is 50.4 Å². The number of nitrogens with two attached hydrogens (primary N) is 1. The van der Waals surface area contributed by atoms with Crippen LogP contribution in [0.1, 0.15) is 42.0 Å². The smallest absolute Gasteiger partial charge is 0.223 e. The van der Waals surface area contributed by atoms with E-state index in [-0.39, 0.29) is 23.7 Å². The van der Waals surface area contributed by atoms with Gasteiger partial charge in [0.05, 0.1) is 5.69 Å². The first-order chi connectivity index (χ1) is 15.3. The van der Waals surface area contributed by atoms with E-state index in [0.29, 0.717) is 32.4 Å². The largest absolute Gasteiger partial charge is 0.378 e. The molecule has 1 fully saturated rings. The monoisotopic (exact) mass is 433 g/mol. The molecular weight excluding hydrogens is 402 g/mol. The number of primary amides is 1. The fourth-order valence-corrected chi connectivity index (χ4v) is 4.54. The summed E-state index contributed by atoms with van der Waals surface area (Å²) in [6.07, 6.45) is 5.52. The molecule has 0 spiro atoms. The predicted octanol–water partition coefficient (Wildman–Crippen LogP) is 2.95. The number of likely N-dealkylation sites (tertiary alicyclic amines) is 1. The van der Waals surface area contributed by atoms with Crippen LogP contribution >= 0.6 is 0 Å². The second-order valence-corrected chi connectivity index (χ2v) is 8.87. The number of aryl methyl sites for hydroxylation is 1. The van der Waals surface area contributed by atoms with Crippen LogP contribution in [-0.2, 0) is 9.59 Å². The molecule has 0 radical (unpaired) electrons. The third-order valence-electron chi connectivity index (χ3n) is 6.56. The van der Waals surface area contributed by atoms with Crippen LogP contribution in [0.25, 0.3) is 5.65 Å². The molecule has 32 heavy (non-hydrogen) atoms. The third-order valence-corrected chi connectivity index (χ3v) is 6.56. The van der Waals surface area contributed by atoms with E-state index in [2.05, 4.69) is 38.6 Å². The highest BCUT2D eigenvalue weighted by Gasteiger charge is 2.29. The second kappa shape index (κ2) is 9.02. The average molecular weight is 434 g/mol. The summed E-state index contributed by atoms with van der Waals surface area (Å²) in [7, 11) is 4.03. The van der Waals surface area contributed by atoms with Crippen molar-refractivity contribution in [3.05, 3.63) is 65.6 Å². The number of fused-ring (bicyclic) bond motifs is 1. The molecule has 2 amide bonds. The van der Waals surface area contributed by atoms with Gasteiger partial charge in [-0.05, 0) is 49.1 Å². The number of nitrogens with zero attached hydrogens (tertiary/aromatic N) is 4. The number of aromatic nitrogens is 2. The Labute approximate surface area is 188 Å². The zero-order valence-corrected chi connectivity index (χ0v) is 19.0. The van der Waals surface area contributed by atoms with Crippen LogP contribution in [0.5, 0.6) is 0 Å². The number of amides is 2. The van der Waals surface area contributed by atoms with E-state index in [0.717, 1.165) is 28.2 Å². The number of carbonyl (C=O) groups is 2. The molecule has 4 rings (SSSR count). The van der Waals surface area contributed by atoms with Gasteiger partial charge in [0.2, 0.25) is 11.8 Å². The Hall–Kier alpha value is -3.35. The summed E-state index contributed by atoms with van der Waals surface area (Å²) in [5.74, 6) is -0.422. The van der Waals surface area contributed by atoms with Crippen LogP contribution in [0.4, 0.5) is 5.69 Å². The van der Waals surface area contributed by atoms with Gasteiger partial charge in [-0.15, -0.1) is 0 Å². The van der Waals surface area contributed by atoms with Gasteiger partial charge in [0, 0.05) is 63.5 Å². The Balaban J connectivity index is 1.64. The molecule has 3 heterocycles. The average Bonchev–Trinajstić information content (AvgIpc) is 3.22. The lowest BCUT2D eigenvalue weighted by Crippen LogP contribution is -2.42. The number of hydrogen-bond donors (Lipinski definition) is 1. The minimum atomic E-state index is -0.267. The maximum absolute atomic E-state index is 13.3. The van der Waals surface area contributed by atoms with Crippen LogP contribution in [0.15, 0.2) is 48.8 Å². The van der Waals surface area contributed by atoms with Crippen molar-refractivity contribution in [3.8, 4) is 0 Å². The summed E-state index contributed by atoms with van der Waals surface area (Å²) in [5.41, 5.74) is 10.7. The molecule has 3 aromatic rings. The lowest BCUT2D eigenvalue weighted by molar-refractivity contribution is -0.135. The van der Waals surface area contributed by atoms with Gasteiger partial charge < -0.3 is 19.9 Å². The van der Waals surface area contributed by atoms with E-state index >= 15 is 0 Å². The van der Waals surface area contributed by atoms with E-state index in [1.54, 1.807) is 0 Å². The van der Waals surface area contributed by atoms with E-state index in [4.69, 9.17) is 5.73 Å². The molecule has 0 saturated carbocycles. The van der Waals surface area contributed by atoms with Gasteiger partial charge in [0.25, 0.3) is 0 Å². The van der Waals surface area contributed by atoms with E-state index < -0.39 is 0 Å². The lowest BCUT2D eigenvalue weighted by atomic mass is 9.90. The van der Waals surface area contributed by atoms with Crippen LogP contribution in [-0.4, -0.2) is 53.3 Å². The third kappa shape index (κ3) is 4.33. The molecule has 1 aliphatic heterocycles. The molecular formula is C25H31N5O2. The zero-order chi connectivity index (χ0) is 22.8. The molecule has 7 heteroatoms. The highest BCUT2D eigenvalue weighted by Crippen LogP contribution is 2.32. The van der Waals surface area contributed by atoms with Gasteiger partial charge >= 0.3 is 0 Å². The van der Waals surface area contributed by atoms with Gasteiger partial charge in [-0.2, -0.15) is 0 Å². The molecule has 2 aromatic heterocycles. The second-order valence-electron chi connectivity index (χ2n) is 8.87. The molecule has 0 aliphatic carbocycles. The Kier molecular flexibility index (Phi) is 6.17. The molecule has 1 aliphatic rings. The van der Waals surface area contributed by atoms with Crippen molar-refractivity contribution in [1.29, 1.82) is 0 Å². The Bertz CT molecular complexity index is 1110. The van der Waals surface area contributed by atoms with E-state index in [1.165, 1.54) is 0 Å². The number of carbonyl (C=O) groups excluding carboxylic acids is 2. The number of piperidine rings is 1. The number of pyridine rings is 1. The quantitative estimate of drug-likeness (QED) is 0.648. The van der Waals surface area contributed by atoms with Gasteiger partial charge in [-0.1, -0.05) is 18.2 Å². The van der Waals surface area contributed by atoms with Gasteiger partial charge in [-0.3, -0.25) is 9.59 Å². The lowest BCUT2D eigenvalue weighted by Gasteiger charge is -2.31. The van der Waals surface area contributed by atoms with Crippen molar-refractivity contribution >= 4 is 23.1 Å². The van der Waals surface area contributed by atoms with Crippen LogP contribution < -0.4 is 10.6 Å². The van der Waals surface area contributed by atoms with Crippen LogP contribution in [0.3, 0.4) is 0 Å². The number of rotatable bonds is 6. The van der Waals surface area contributed by atoms with Crippen molar-refractivity contribution in [1.82, 2.24) is 14.3 Å². The van der Waals surface area contributed by atoms with Crippen molar-refractivity contribution in [2.24, 2.45) is 11.7 Å². The number of hydrogen-bond acceptors (Lipinski definition) is 4. The summed E-state index contributed by atoms with van der Waals surface area (Å²) in [4.78, 5) is 33.4. The maximum Gasteiger partial charge on any atom is 0.223 e. The van der Waals surface area contributed by atoms with Crippen molar-refractivity contribution in [2.45, 2.75) is 32.1 Å². The summed E-state index contributed by atoms with van der Waals surface area (Å²) >= 11 is 0. The SMILES string of the molecule is Cc1cccn2c(C(CC(=O)N3CCC(C(N)=O)CC3)c3ccc(N(C)C)cc3)cnc12. The Morgan fingerprint density at radius 1 is 1.16 bits per heavy atom. The minimum absolute atomic E-state index is 0.0946. The van der Waals surface area contributed by atoms with Gasteiger partial charge in [-0.25, -0.2) is 4.98 Å². The fourth-order valence-electron chi connectivity index (χ4n) is 4.54. The van der Waals surface area contributed by atoms with Crippen LogP contribution in [0.2, 0.25) is 0 Å². The molecule has 7 nitrogen and oxygen atoms in total. The first-order valence-corrected chi connectivity index (χ1v) is 11.1. The summed E-state index contributed by atoms with van der Waals surface area (Å²) < 4.78 is 2.09. The molecule has 168 valence electrons. The van der Waals surface area contributed by atoms with E-state index in [9.17, 15) is 9.59 Å². The zero-order valence-electron chi connectivity index (χ0n) is 19.0. The number of benzene rings is 1. The van der Waals surface area contributed by atoms with Gasteiger partial charge in [0.15, 0.2) is 0 Å². The molecule has 1 aromatic carbocycles. The highest BCUT2D eigenvalue weighted by molar-refractivity contribution is 5.79. The first kappa shape index (κ1) is 21.9. The fraction of sp³-hybridized carbons (Fsp3) is 0.400. The minimum Gasteiger partial charge on any atom is -0.378 e. The van der Waals surface area contributed by atoms with Crippen molar-refractivity contribution in [3.63, 3.8) is 0 Å². The summed E-state index contributed by atoms with van der Waals surface area (Å²) in [5, 5.41) is 0. The standard InChI is InChI=1S/C25H31N5O2/c1-17-5-4-12-30-22(16-27-25(17)30)21(18-6-8-20(9-7-18)28(2)3)15-23(31)29-13-10-19(11-14-29)24(26)32/h4-9,12,16,19,21H,10-11,13-15H2,1-3H3,(H2,26,32). The maximum atomic E-state index is 13.3. The molecule has 1 saturated heterocycles. The molecule has 0 bridgehead atoms. The summed E-state index contributed by atoms with van der Waals surface area (Å²) in [6, 6.07) is 12.4. The topological polar surface area (TPSA) is 83.9 Å². The highest BCUT2D eigenvalue weighted by atomic mass is 16.2. The molecule has 1 atom stereocenters. The van der Waals surface area contributed by atoms with Crippen molar-refractivity contribution in [2.75, 3.05) is 32.1 Å². The van der Waals surface area contributed by atoms with Gasteiger partial charge in [0.1, 0.15) is 5.65 Å². The first-order valence-electron chi connectivity index (χ1n) is 11.1. The normalized spacial score (nSPS) is 15.7. The number of imidazole rings is 1. The Morgan fingerprint density at radius 2 is 1.84 bits per heavy atom. The van der Waals surface area contributed by atoms with Crippen molar-refractivity contribution < 1.29 is 9.59 Å². The predicted molar refractivity (Wildman–Crippen MR) is 126 cm³/mol.